The largest absolute Gasteiger partial charge is 0.353 e. The zero-order chi connectivity index (χ0) is 12.6. The summed E-state index contributed by atoms with van der Waals surface area (Å²) in [5.74, 6) is 2.49. The lowest BCUT2D eigenvalue weighted by molar-refractivity contribution is 0.387. The van der Waals surface area contributed by atoms with E-state index in [1.807, 2.05) is 13.8 Å². The van der Waals surface area contributed by atoms with Crippen molar-refractivity contribution in [2.45, 2.75) is 46.6 Å². The van der Waals surface area contributed by atoms with E-state index in [1.165, 1.54) is 12.8 Å². The van der Waals surface area contributed by atoms with E-state index in [0.717, 1.165) is 29.7 Å². The van der Waals surface area contributed by atoms with Gasteiger partial charge >= 0.3 is 0 Å². The average Bonchev–Trinajstić information content (AvgIpc) is 2.27. The fourth-order valence-electron chi connectivity index (χ4n) is 2.44. The van der Waals surface area contributed by atoms with Crippen molar-refractivity contribution in [3.05, 3.63) is 16.5 Å². The summed E-state index contributed by atoms with van der Waals surface area (Å²) >= 11 is 6.14. The second-order valence-electron chi connectivity index (χ2n) is 5.19. The molecule has 1 saturated heterocycles. The summed E-state index contributed by atoms with van der Waals surface area (Å²) in [7, 11) is 0. The average molecular weight is 254 g/mol. The fourth-order valence-corrected chi connectivity index (χ4v) is 2.65. The van der Waals surface area contributed by atoms with Crippen molar-refractivity contribution in [2.24, 2.45) is 5.92 Å². The molecule has 1 aliphatic heterocycles. The zero-order valence-electron chi connectivity index (χ0n) is 11.0. The molecule has 4 heteroatoms. The Bertz CT molecular complexity index is 419. The molecule has 0 aromatic carbocycles. The van der Waals surface area contributed by atoms with Crippen LogP contribution in [0, 0.1) is 19.8 Å². The fraction of sp³-hybridized carbons (Fsp3) is 0.692. The van der Waals surface area contributed by atoms with Gasteiger partial charge in [-0.2, -0.15) is 0 Å². The summed E-state index contributed by atoms with van der Waals surface area (Å²) < 4.78 is 0. The maximum absolute atomic E-state index is 6.14. The minimum atomic E-state index is 0.537. The van der Waals surface area contributed by atoms with Gasteiger partial charge in [-0.25, -0.2) is 9.97 Å². The zero-order valence-corrected chi connectivity index (χ0v) is 11.8. The van der Waals surface area contributed by atoms with E-state index >= 15 is 0 Å². The topological polar surface area (TPSA) is 29.0 Å². The molecule has 1 aromatic heterocycles. The second-order valence-corrected chi connectivity index (χ2v) is 5.55. The van der Waals surface area contributed by atoms with Crippen molar-refractivity contribution in [3.8, 4) is 0 Å². The molecular formula is C13H20ClN3. The van der Waals surface area contributed by atoms with Gasteiger partial charge in [0.05, 0.1) is 0 Å². The van der Waals surface area contributed by atoms with Gasteiger partial charge in [-0.3, -0.25) is 0 Å². The SMILES string of the molecule is Cc1nc(Cl)c(C)c(N2CC(C)CCC2C)n1. The lowest BCUT2D eigenvalue weighted by Gasteiger charge is -2.38. The first-order valence-corrected chi connectivity index (χ1v) is 6.64. The molecule has 3 nitrogen and oxygen atoms in total. The third-order valence-electron chi connectivity index (χ3n) is 3.56. The van der Waals surface area contributed by atoms with Crippen LogP contribution in [0.3, 0.4) is 0 Å². The minimum Gasteiger partial charge on any atom is -0.353 e. The first-order valence-electron chi connectivity index (χ1n) is 6.26. The number of hydrogen-bond acceptors (Lipinski definition) is 3. The molecule has 1 aliphatic rings. The molecular weight excluding hydrogens is 234 g/mol. The summed E-state index contributed by atoms with van der Waals surface area (Å²) in [6, 6.07) is 0.537. The van der Waals surface area contributed by atoms with Gasteiger partial charge in [0.25, 0.3) is 0 Å². The third-order valence-corrected chi connectivity index (χ3v) is 3.93. The third kappa shape index (κ3) is 2.54. The smallest absolute Gasteiger partial charge is 0.137 e. The highest BCUT2D eigenvalue weighted by Gasteiger charge is 2.26. The van der Waals surface area contributed by atoms with Gasteiger partial charge in [0, 0.05) is 18.2 Å². The maximum Gasteiger partial charge on any atom is 0.137 e. The highest BCUT2D eigenvalue weighted by Crippen LogP contribution is 2.30. The van der Waals surface area contributed by atoms with Gasteiger partial charge in [0.1, 0.15) is 16.8 Å². The normalized spacial score (nSPS) is 25.1. The lowest BCUT2D eigenvalue weighted by Crippen LogP contribution is -2.42. The molecule has 0 saturated carbocycles. The van der Waals surface area contributed by atoms with Crippen molar-refractivity contribution in [1.82, 2.24) is 9.97 Å². The number of anilines is 1. The molecule has 2 atom stereocenters. The number of piperidine rings is 1. The van der Waals surface area contributed by atoms with E-state index in [9.17, 15) is 0 Å². The first kappa shape index (κ1) is 12.6. The molecule has 17 heavy (non-hydrogen) atoms. The molecule has 0 N–H and O–H groups in total. The van der Waals surface area contributed by atoms with Crippen LogP contribution in [0.5, 0.6) is 0 Å². The molecule has 1 aromatic rings. The van der Waals surface area contributed by atoms with Crippen molar-refractivity contribution >= 4 is 17.4 Å². The molecule has 2 rings (SSSR count). The number of rotatable bonds is 1. The number of aryl methyl sites for hydroxylation is 1. The summed E-state index contributed by atoms with van der Waals surface area (Å²) in [5, 5.41) is 0.581. The predicted molar refractivity (Wildman–Crippen MR) is 71.7 cm³/mol. The molecule has 0 amide bonds. The molecule has 2 unspecified atom stereocenters. The van der Waals surface area contributed by atoms with Gasteiger partial charge < -0.3 is 4.90 Å². The number of halogens is 1. The Balaban J connectivity index is 2.38. The molecule has 2 heterocycles. The van der Waals surface area contributed by atoms with Gasteiger partial charge in [-0.05, 0) is 39.5 Å². The molecule has 0 spiro atoms. The van der Waals surface area contributed by atoms with E-state index in [2.05, 4.69) is 28.7 Å². The van der Waals surface area contributed by atoms with Crippen molar-refractivity contribution in [1.29, 1.82) is 0 Å². The minimum absolute atomic E-state index is 0.537. The molecule has 0 bridgehead atoms. The summed E-state index contributed by atoms with van der Waals surface area (Å²) in [6.45, 7) is 9.52. The summed E-state index contributed by atoms with van der Waals surface area (Å²) in [6.07, 6.45) is 2.52. The molecule has 0 radical (unpaired) electrons. The van der Waals surface area contributed by atoms with Gasteiger partial charge in [0.2, 0.25) is 0 Å². The van der Waals surface area contributed by atoms with Crippen LogP contribution in [0.1, 0.15) is 38.1 Å². The summed E-state index contributed by atoms with van der Waals surface area (Å²) in [4.78, 5) is 11.2. The Morgan fingerprint density at radius 1 is 1.18 bits per heavy atom. The van der Waals surface area contributed by atoms with Crippen LogP contribution in [-0.4, -0.2) is 22.6 Å². The monoisotopic (exact) mass is 253 g/mol. The Morgan fingerprint density at radius 3 is 2.59 bits per heavy atom. The standard InChI is InChI=1S/C13H20ClN3/c1-8-5-6-9(2)17(7-8)13-10(3)12(14)15-11(4)16-13/h8-9H,5-7H2,1-4H3. The van der Waals surface area contributed by atoms with E-state index in [4.69, 9.17) is 11.6 Å². The van der Waals surface area contributed by atoms with Crippen LogP contribution in [0.15, 0.2) is 0 Å². The highest BCUT2D eigenvalue weighted by molar-refractivity contribution is 6.30. The van der Waals surface area contributed by atoms with Crippen LogP contribution in [0.25, 0.3) is 0 Å². The van der Waals surface area contributed by atoms with Gasteiger partial charge in [-0.1, -0.05) is 18.5 Å². The predicted octanol–water partition coefficient (Wildman–Crippen LogP) is 3.37. The highest BCUT2D eigenvalue weighted by atomic mass is 35.5. The van der Waals surface area contributed by atoms with Gasteiger partial charge in [-0.15, -0.1) is 0 Å². The van der Waals surface area contributed by atoms with Crippen LogP contribution in [0.4, 0.5) is 5.82 Å². The second kappa shape index (κ2) is 4.81. The Kier molecular flexibility index (Phi) is 3.57. The van der Waals surface area contributed by atoms with E-state index < -0.39 is 0 Å². The van der Waals surface area contributed by atoms with Crippen LogP contribution in [-0.2, 0) is 0 Å². The molecule has 0 aliphatic carbocycles. The Morgan fingerprint density at radius 2 is 1.88 bits per heavy atom. The summed E-state index contributed by atoms with van der Waals surface area (Å²) in [5.41, 5.74) is 0.998. The van der Waals surface area contributed by atoms with Crippen molar-refractivity contribution in [3.63, 3.8) is 0 Å². The van der Waals surface area contributed by atoms with Crippen molar-refractivity contribution in [2.75, 3.05) is 11.4 Å². The maximum atomic E-state index is 6.14. The first-order chi connectivity index (χ1) is 7.99. The number of hydrogen-bond donors (Lipinski definition) is 0. The van der Waals surface area contributed by atoms with Crippen LogP contribution >= 0.6 is 11.6 Å². The number of aromatic nitrogens is 2. The van der Waals surface area contributed by atoms with E-state index in [0.29, 0.717) is 11.2 Å². The Labute approximate surface area is 108 Å². The van der Waals surface area contributed by atoms with Crippen LogP contribution < -0.4 is 4.90 Å². The van der Waals surface area contributed by atoms with E-state index in [-0.39, 0.29) is 0 Å². The Hall–Kier alpha value is -0.830. The molecule has 1 fully saturated rings. The lowest BCUT2D eigenvalue weighted by atomic mass is 9.95. The number of nitrogens with zero attached hydrogens (tertiary/aromatic N) is 3. The quantitative estimate of drug-likeness (QED) is 0.719. The van der Waals surface area contributed by atoms with Crippen molar-refractivity contribution < 1.29 is 0 Å². The molecule has 94 valence electrons. The van der Waals surface area contributed by atoms with Crippen LogP contribution in [0.2, 0.25) is 5.15 Å². The van der Waals surface area contributed by atoms with Gasteiger partial charge in [0.15, 0.2) is 0 Å². The van der Waals surface area contributed by atoms with E-state index in [1.54, 1.807) is 0 Å².